The largest absolute Gasteiger partial charge is 0.496 e. The topological polar surface area (TPSA) is 75.6 Å². The van der Waals surface area contributed by atoms with Crippen molar-refractivity contribution in [2.24, 2.45) is 0 Å². The van der Waals surface area contributed by atoms with Gasteiger partial charge in [-0.25, -0.2) is 4.79 Å². The Morgan fingerprint density at radius 3 is 2.36 bits per heavy atom. The first-order valence-electron chi connectivity index (χ1n) is 8.10. The maximum Gasteiger partial charge on any atom is 0.332 e. The molecule has 25 heavy (non-hydrogen) atoms. The first-order valence-corrected chi connectivity index (χ1v) is 8.10. The Hall–Kier alpha value is -3.08. The summed E-state index contributed by atoms with van der Waals surface area (Å²) in [5.41, 5.74) is 3.17. The van der Waals surface area contributed by atoms with Gasteiger partial charge >= 0.3 is 5.97 Å². The van der Waals surface area contributed by atoms with Crippen LogP contribution in [0.5, 0.6) is 5.75 Å². The maximum absolute atomic E-state index is 12.3. The Morgan fingerprint density at radius 2 is 1.68 bits per heavy atom. The van der Waals surface area contributed by atoms with Crippen LogP contribution in [0.25, 0.3) is 11.1 Å². The van der Waals surface area contributed by atoms with Gasteiger partial charge in [0.25, 0.3) is 5.91 Å². The Labute approximate surface area is 145 Å². The van der Waals surface area contributed by atoms with Crippen LogP contribution in [-0.4, -0.2) is 24.1 Å². The van der Waals surface area contributed by atoms with Crippen molar-refractivity contribution in [3.8, 4) is 16.9 Å². The predicted molar refractivity (Wildman–Crippen MR) is 95.6 cm³/mol. The highest BCUT2D eigenvalue weighted by atomic mass is 16.5. The van der Waals surface area contributed by atoms with Crippen LogP contribution in [0.1, 0.15) is 19.3 Å². The molecule has 0 saturated heterocycles. The summed E-state index contributed by atoms with van der Waals surface area (Å²) in [6.45, 7) is 0. The van der Waals surface area contributed by atoms with E-state index in [4.69, 9.17) is 9.84 Å². The summed E-state index contributed by atoms with van der Waals surface area (Å²) in [6.07, 6.45) is 1.66. The van der Waals surface area contributed by atoms with Gasteiger partial charge in [-0.1, -0.05) is 30.3 Å². The van der Waals surface area contributed by atoms with Gasteiger partial charge in [0.15, 0.2) is 0 Å². The summed E-state index contributed by atoms with van der Waals surface area (Å²) in [4.78, 5) is 23.5. The molecule has 0 radical (unpaired) electrons. The summed E-state index contributed by atoms with van der Waals surface area (Å²) < 4.78 is 5.36. The maximum atomic E-state index is 12.3. The monoisotopic (exact) mass is 337 g/mol. The second-order valence-electron chi connectivity index (χ2n) is 5.85. The molecule has 2 aromatic carbocycles. The minimum atomic E-state index is -1.01. The molecule has 0 bridgehead atoms. The summed E-state index contributed by atoms with van der Waals surface area (Å²) in [7, 11) is 1.63. The fourth-order valence-electron chi connectivity index (χ4n) is 3.05. The smallest absolute Gasteiger partial charge is 0.332 e. The second kappa shape index (κ2) is 7.21. The molecule has 0 atom stereocenters. The molecule has 2 N–H and O–H groups in total. The molecular formula is C20H19NO4. The van der Waals surface area contributed by atoms with Crippen molar-refractivity contribution in [1.29, 1.82) is 0 Å². The number of carbonyl (C=O) groups is 2. The number of carboxylic acids is 1. The predicted octanol–water partition coefficient (Wildman–Crippen LogP) is 3.87. The molecule has 128 valence electrons. The third kappa shape index (κ3) is 3.55. The Kier molecular flexibility index (Phi) is 4.84. The van der Waals surface area contributed by atoms with Gasteiger partial charge in [-0.15, -0.1) is 0 Å². The molecule has 0 aliphatic heterocycles. The van der Waals surface area contributed by atoms with Crippen molar-refractivity contribution in [1.82, 2.24) is 0 Å². The number of aliphatic carboxylic acids is 1. The van der Waals surface area contributed by atoms with Crippen LogP contribution in [-0.2, 0) is 9.59 Å². The van der Waals surface area contributed by atoms with Crippen LogP contribution in [0.3, 0.4) is 0 Å². The van der Waals surface area contributed by atoms with Crippen molar-refractivity contribution in [2.75, 3.05) is 12.4 Å². The van der Waals surface area contributed by atoms with Crippen LogP contribution < -0.4 is 10.1 Å². The fraction of sp³-hybridized carbons (Fsp3) is 0.200. The SMILES string of the molecule is COc1ccccc1-c1ccc(NC(=O)C2=C(C(=O)O)CCC2)cc1. The molecule has 5 heteroatoms. The standard InChI is InChI=1S/C20H19NO4/c1-25-18-8-3-2-5-15(18)13-9-11-14(12-10-13)21-19(22)16-6-4-7-17(16)20(23)24/h2-3,5,8-12H,4,6-7H2,1H3,(H,21,22)(H,23,24). The van der Waals surface area contributed by atoms with Crippen molar-refractivity contribution < 1.29 is 19.4 Å². The zero-order valence-corrected chi connectivity index (χ0v) is 13.9. The normalized spacial score (nSPS) is 13.6. The average molecular weight is 337 g/mol. The number of anilines is 1. The molecular weight excluding hydrogens is 318 g/mol. The number of ether oxygens (including phenoxy) is 1. The van der Waals surface area contributed by atoms with Crippen molar-refractivity contribution >= 4 is 17.6 Å². The van der Waals surface area contributed by atoms with Gasteiger partial charge in [0, 0.05) is 22.4 Å². The molecule has 1 aliphatic carbocycles. The van der Waals surface area contributed by atoms with E-state index in [0.717, 1.165) is 16.9 Å². The number of methoxy groups -OCH3 is 1. The number of hydrogen-bond donors (Lipinski definition) is 2. The van der Waals surface area contributed by atoms with Gasteiger partial charge in [-0.05, 0) is 43.0 Å². The Morgan fingerprint density at radius 1 is 1.00 bits per heavy atom. The summed E-state index contributed by atoms with van der Waals surface area (Å²) in [6, 6.07) is 15.1. The number of rotatable bonds is 5. The highest BCUT2D eigenvalue weighted by molar-refractivity contribution is 6.09. The molecule has 1 amide bonds. The van der Waals surface area contributed by atoms with Crippen molar-refractivity contribution in [3.05, 3.63) is 59.7 Å². The van der Waals surface area contributed by atoms with E-state index in [0.29, 0.717) is 30.5 Å². The average Bonchev–Trinajstić information content (AvgIpc) is 3.12. The van der Waals surface area contributed by atoms with E-state index < -0.39 is 5.97 Å². The summed E-state index contributed by atoms with van der Waals surface area (Å²) in [5, 5.41) is 11.9. The lowest BCUT2D eigenvalue weighted by molar-refractivity contribution is -0.133. The molecule has 0 saturated carbocycles. The number of carbonyl (C=O) groups excluding carboxylic acids is 1. The minimum absolute atomic E-state index is 0.225. The zero-order chi connectivity index (χ0) is 17.8. The lowest BCUT2D eigenvalue weighted by atomic mass is 10.0. The lowest BCUT2D eigenvalue weighted by Gasteiger charge is -2.10. The van der Waals surface area contributed by atoms with Gasteiger partial charge < -0.3 is 15.2 Å². The van der Waals surface area contributed by atoms with Gasteiger partial charge in [0.1, 0.15) is 5.75 Å². The van der Waals surface area contributed by atoms with E-state index in [9.17, 15) is 9.59 Å². The molecule has 0 heterocycles. The highest BCUT2D eigenvalue weighted by Crippen LogP contribution is 2.31. The zero-order valence-electron chi connectivity index (χ0n) is 13.9. The number of amides is 1. The van der Waals surface area contributed by atoms with E-state index in [-0.39, 0.29) is 11.5 Å². The van der Waals surface area contributed by atoms with E-state index >= 15 is 0 Å². The third-order valence-corrected chi connectivity index (χ3v) is 4.31. The molecule has 0 unspecified atom stereocenters. The Bertz CT molecular complexity index is 837. The van der Waals surface area contributed by atoms with Crippen LogP contribution in [0.2, 0.25) is 0 Å². The second-order valence-corrected chi connectivity index (χ2v) is 5.85. The first-order chi connectivity index (χ1) is 12.1. The van der Waals surface area contributed by atoms with E-state index in [1.54, 1.807) is 19.2 Å². The fourth-order valence-corrected chi connectivity index (χ4v) is 3.05. The van der Waals surface area contributed by atoms with Gasteiger partial charge in [-0.3, -0.25) is 4.79 Å². The summed E-state index contributed by atoms with van der Waals surface area (Å²) >= 11 is 0. The number of benzene rings is 2. The van der Waals surface area contributed by atoms with Crippen molar-refractivity contribution in [2.45, 2.75) is 19.3 Å². The molecule has 2 aromatic rings. The van der Waals surface area contributed by atoms with Gasteiger partial charge in [-0.2, -0.15) is 0 Å². The molecule has 3 rings (SSSR count). The van der Waals surface area contributed by atoms with Crippen LogP contribution in [0, 0.1) is 0 Å². The quantitative estimate of drug-likeness (QED) is 0.868. The minimum Gasteiger partial charge on any atom is -0.496 e. The number of carboxylic acid groups (broad SMARTS) is 1. The number of nitrogens with one attached hydrogen (secondary N) is 1. The molecule has 0 spiro atoms. The number of para-hydroxylation sites is 1. The van der Waals surface area contributed by atoms with E-state index in [2.05, 4.69) is 5.32 Å². The molecule has 0 fully saturated rings. The van der Waals surface area contributed by atoms with Crippen LogP contribution in [0.4, 0.5) is 5.69 Å². The number of hydrogen-bond acceptors (Lipinski definition) is 3. The van der Waals surface area contributed by atoms with Gasteiger partial charge in [0.05, 0.1) is 7.11 Å². The van der Waals surface area contributed by atoms with Crippen LogP contribution >= 0.6 is 0 Å². The molecule has 1 aliphatic rings. The first kappa shape index (κ1) is 16.8. The Balaban J connectivity index is 1.78. The van der Waals surface area contributed by atoms with E-state index in [1.807, 2.05) is 36.4 Å². The molecule has 5 nitrogen and oxygen atoms in total. The van der Waals surface area contributed by atoms with Crippen molar-refractivity contribution in [3.63, 3.8) is 0 Å². The third-order valence-electron chi connectivity index (χ3n) is 4.31. The lowest BCUT2D eigenvalue weighted by Crippen LogP contribution is -2.16. The van der Waals surface area contributed by atoms with E-state index in [1.165, 1.54) is 0 Å². The van der Waals surface area contributed by atoms with Gasteiger partial charge in [0.2, 0.25) is 0 Å². The summed E-state index contributed by atoms with van der Waals surface area (Å²) in [5.74, 6) is -0.560. The highest BCUT2D eigenvalue weighted by Gasteiger charge is 2.25. The van der Waals surface area contributed by atoms with Crippen LogP contribution in [0.15, 0.2) is 59.7 Å². The molecule has 0 aromatic heterocycles.